The Hall–Kier alpha value is -0.120. The van der Waals surface area contributed by atoms with Crippen molar-refractivity contribution in [3.63, 3.8) is 0 Å². The number of piperidine rings is 1. The van der Waals surface area contributed by atoms with Crippen LogP contribution in [0, 0.1) is 0 Å². The molecule has 3 nitrogen and oxygen atoms in total. The molecule has 2 saturated heterocycles. The molecule has 0 radical (unpaired) electrons. The van der Waals surface area contributed by atoms with E-state index >= 15 is 0 Å². The van der Waals surface area contributed by atoms with Gasteiger partial charge in [0.25, 0.3) is 0 Å². The van der Waals surface area contributed by atoms with Gasteiger partial charge < -0.3 is 10.2 Å². The molecule has 2 rings (SSSR count). The highest BCUT2D eigenvalue weighted by Crippen LogP contribution is 2.19. The maximum atomic E-state index is 3.73. The van der Waals surface area contributed by atoms with Gasteiger partial charge in [0.1, 0.15) is 0 Å². The van der Waals surface area contributed by atoms with Crippen LogP contribution in [0.1, 0.15) is 58.8 Å². The molecule has 2 atom stereocenters. The van der Waals surface area contributed by atoms with Crippen molar-refractivity contribution < 1.29 is 0 Å². The largest absolute Gasteiger partial charge is 0.313 e. The number of nitrogens with zero attached hydrogens (tertiary/aromatic N) is 2. The van der Waals surface area contributed by atoms with E-state index in [0.29, 0.717) is 0 Å². The quantitative estimate of drug-likeness (QED) is 0.807. The molecule has 0 aliphatic carbocycles. The minimum atomic E-state index is 0.751. The van der Waals surface area contributed by atoms with Crippen molar-refractivity contribution in [2.24, 2.45) is 0 Å². The molecule has 20 heavy (non-hydrogen) atoms. The smallest absolute Gasteiger partial charge is 0.0195 e. The molecule has 2 fully saturated rings. The second-order valence-electron chi connectivity index (χ2n) is 6.66. The maximum Gasteiger partial charge on any atom is 0.0195 e. The van der Waals surface area contributed by atoms with Crippen LogP contribution in [0.15, 0.2) is 0 Å². The van der Waals surface area contributed by atoms with Crippen LogP contribution in [-0.2, 0) is 0 Å². The molecule has 2 heterocycles. The first-order chi connectivity index (χ1) is 9.83. The minimum absolute atomic E-state index is 0.751. The maximum absolute atomic E-state index is 3.73. The molecule has 0 aromatic heterocycles. The van der Waals surface area contributed by atoms with Gasteiger partial charge >= 0.3 is 0 Å². The van der Waals surface area contributed by atoms with Crippen LogP contribution in [0.25, 0.3) is 0 Å². The summed E-state index contributed by atoms with van der Waals surface area (Å²) in [4.78, 5) is 5.44. The van der Waals surface area contributed by atoms with E-state index in [1.807, 2.05) is 0 Å². The second kappa shape index (κ2) is 9.01. The van der Waals surface area contributed by atoms with E-state index in [1.54, 1.807) is 0 Å². The van der Waals surface area contributed by atoms with Crippen molar-refractivity contribution in [1.82, 2.24) is 15.1 Å². The lowest BCUT2D eigenvalue weighted by Gasteiger charge is -2.35. The fourth-order valence-electron chi connectivity index (χ4n) is 3.89. The topological polar surface area (TPSA) is 18.5 Å². The van der Waals surface area contributed by atoms with Crippen molar-refractivity contribution in [1.29, 1.82) is 0 Å². The van der Waals surface area contributed by atoms with E-state index in [9.17, 15) is 0 Å². The fourth-order valence-corrected chi connectivity index (χ4v) is 3.89. The predicted molar refractivity (Wildman–Crippen MR) is 87.3 cm³/mol. The normalized spacial score (nSPS) is 29.6. The van der Waals surface area contributed by atoms with Gasteiger partial charge in [-0.05, 0) is 71.2 Å². The molecule has 0 spiro atoms. The third-order valence-corrected chi connectivity index (χ3v) is 5.13. The van der Waals surface area contributed by atoms with Gasteiger partial charge in [-0.2, -0.15) is 0 Å². The van der Waals surface area contributed by atoms with E-state index in [1.165, 1.54) is 84.2 Å². The Morgan fingerprint density at radius 1 is 1.05 bits per heavy atom. The molecule has 1 N–H and O–H groups in total. The Morgan fingerprint density at radius 3 is 2.65 bits per heavy atom. The fraction of sp³-hybridized carbons (Fsp3) is 1.00. The van der Waals surface area contributed by atoms with Gasteiger partial charge in [0.05, 0.1) is 0 Å². The van der Waals surface area contributed by atoms with E-state index in [4.69, 9.17) is 0 Å². The highest BCUT2D eigenvalue weighted by atomic mass is 15.2. The van der Waals surface area contributed by atoms with Crippen molar-refractivity contribution in [2.45, 2.75) is 70.9 Å². The van der Waals surface area contributed by atoms with Crippen LogP contribution in [0.2, 0.25) is 0 Å². The zero-order valence-electron chi connectivity index (χ0n) is 13.7. The van der Waals surface area contributed by atoms with Crippen molar-refractivity contribution in [2.75, 3.05) is 39.3 Å². The predicted octanol–water partition coefficient (Wildman–Crippen LogP) is 2.71. The van der Waals surface area contributed by atoms with Crippen LogP contribution >= 0.6 is 0 Å². The molecule has 3 heteroatoms. The molecular weight excluding hydrogens is 246 g/mol. The lowest BCUT2D eigenvalue weighted by molar-refractivity contribution is 0.151. The van der Waals surface area contributed by atoms with E-state index in [-0.39, 0.29) is 0 Å². The molecule has 0 saturated carbocycles. The summed E-state index contributed by atoms with van der Waals surface area (Å²) in [6, 6.07) is 1.58. The van der Waals surface area contributed by atoms with Crippen LogP contribution in [0.5, 0.6) is 0 Å². The Kier molecular flexibility index (Phi) is 7.32. The Balaban J connectivity index is 1.85. The summed E-state index contributed by atoms with van der Waals surface area (Å²) < 4.78 is 0. The zero-order valence-corrected chi connectivity index (χ0v) is 13.7. The molecule has 2 aliphatic heterocycles. The average Bonchev–Trinajstić information content (AvgIpc) is 2.73. The SMILES string of the molecule is CCCN(CC1CCCCN1)C1CCCN(CC)CC1. The third-order valence-electron chi connectivity index (χ3n) is 5.13. The van der Waals surface area contributed by atoms with Crippen molar-refractivity contribution in [3.05, 3.63) is 0 Å². The summed E-state index contributed by atoms with van der Waals surface area (Å²) >= 11 is 0. The van der Waals surface area contributed by atoms with E-state index < -0.39 is 0 Å². The lowest BCUT2D eigenvalue weighted by atomic mass is 10.0. The van der Waals surface area contributed by atoms with Gasteiger partial charge in [-0.25, -0.2) is 0 Å². The summed E-state index contributed by atoms with van der Waals surface area (Å²) in [6.45, 7) is 12.3. The van der Waals surface area contributed by atoms with E-state index in [2.05, 4.69) is 29.0 Å². The number of hydrogen-bond donors (Lipinski definition) is 1. The molecule has 0 bridgehead atoms. The van der Waals surface area contributed by atoms with Gasteiger partial charge in [-0.1, -0.05) is 20.3 Å². The minimum Gasteiger partial charge on any atom is -0.313 e. The van der Waals surface area contributed by atoms with Crippen LogP contribution in [0.3, 0.4) is 0 Å². The summed E-state index contributed by atoms with van der Waals surface area (Å²) in [6.07, 6.45) is 9.64. The van der Waals surface area contributed by atoms with Gasteiger partial charge in [0, 0.05) is 18.6 Å². The number of nitrogens with one attached hydrogen (secondary N) is 1. The van der Waals surface area contributed by atoms with E-state index in [0.717, 1.165) is 12.1 Å². The number of likely N-dealkylation sites (tertiary alicyclic amines) is 1. The van der Waals surface area contributed by atoms with Gasteiger partial charge in [0.15, 0.2) is 0 Å². The molecule has 0 aromatic carbocycles. The van der Waals surface area contributed by atoms with Crippen molar-refractivity contribution >= 4 is 0 Å². The molecule has 2 aliphatic rings. The Bertz CT molecular complexity index is 251. The first-order valence-electron chi connectivity index (χ1n) is 9.03. The first kappa shape index (κ1) is 16.3. The van der Waals surface area contributed by atoms with Gasteiger partial charge in [-0.15, -0.1) is 0 Å². The van der Waals surface area contributed by atoms with Crippen LogP contribution in [-0.4, -0.2) is 61.2 Å². The summed E-state index contributed by atoms with van der Waals surface area (Å²) in [5.41, 5.74) is 0. The molecule has 2 unspecified atom stereocenters. The third kappa shape index (κ3) is 5.01. The number of rotatable bonds is 6. The van der Waals surface area contributed by atoms with Gasteiger partial charge in [-0.3, -0.25) is 4.90 Å². The van der Waals surface area contributed by atoms with Gasteiger partial charge in [0.2, 0.25) is 0 Å². The molecule has 118 valence electrons. The second-order valence-corrected chi connectivity index (χ2v) is 6.66. The standard InChI is InChI=1S/C17H35N3/c1-3-12-20(15-16-8-5-6-11-18-16)17-9-7-13-19(4-2)14-10-17/h16-18H,3-15H2,1-2H3. The molecular formula is C17H35N3. The highest BCUT2D eigenvalue weighted by molar-refractivity contribution is 4.82. The molecule has 0 amide bonds. The molecule has 0 aromatic rings. The Morgan fingerprint density at radius 2 is 1.95 bits per heavy atom. The van der Waals surface area contributed by atoms with Crippen molar-refractivity contribution in [3.8, 4) is 0 Å². The van der Waals surface area contributed by atoms with Crippen LogP contribution < -0.4 is 5.32 Å². The first-order valence-corrected chi connectivity index (χ1v) is 9.03. The Labute approximate surface area is 126 Å². The van der Waals surface area contributed by atoms with Crippen LogP contribution in [0.4, 0.5) is 0 Å². The summed E-state index contributed by atoms with van der Waals surface area (Å²) in [7, 11) is 0. The summed E-state index contributed by atoms with van der Waals surface area (Å²) in [5, 5.41) is 3.73. The highest BCUT2D eigenvalue weighted by Gasteiger charge is 2.24. The zero-order chi connectivity index (χ0) is 14.2. The monoisotopic (exact) mass is 281 g/mol. The average molecular weight is 281 g/mol. The lowest BCUT2D eigenvalue weighted by Crippen LogP contribution is -2.47. The summed E-state index contributed by atoms with van der Waals surface area (Å²) in [5.74, 6) is 0. The number of hydrogen-bond acceptors (Lipinski definition) is 3.